The SMILES string of the molecule is CC(C)(C(=O)N1CC2(CN(C(=O)c3cnn(Cc4ccc(F)cc4)c3)C[C@H]2COCc2cccc(C3CCC(F)(F)CC3)c2C2CC2C(=O)O)C1)C(F)(F)F. The zero-order chi connectivity index (χ0) is 39.5. The number of rotatable bonds is 11. The van der Waals surface area contributed by atoms with Gasteiger partial charge in [-0.2, -0.15) is 18.3 Å². The Hall–Kier alpha value is -4.40. The van der Waals surface area contributed by atoms with E-state index in [9.17, 15) is 45.8 Å². The number of carboxylic acid groups (broad SMARTS) is 1. The second-order valence-electron chi connectivity index (χ2n) is 16.4. The highest BCUT2D eigenvalue weighted by atomic mass is 19.4. The average Bonchev–Trinajstić information content (AvgIpc) is 3.61. The largest absolute Gasteiger partial charge is 0.481 e. The number of halogens is 6. The van der Waals surface area contributed by atoms with E-state index in [1.165, 1.54) is 23.2 Å². The number of benzene rings is 2. The number of nitrogens with zero attached hydrogens (tertiary/aromatic N) is 4. The van der Waals surface area contributed by atoms with Gasteiger partial charge >= 0.3 is 12.1 Å². The minimum Gasteiger partial charge on any atom is -0.481 e. The Bertz CT molecular complexity index is 1930. The Labute approximate surface area is 314 Å². The van der Waals surface area contributed by atoms with Gasteiger partial charge in [-0.25, -0.2) is 13.2 Å². The van der Waals surface area contributed by atoms with Gasteiger partial charge in [-0.1, -0.05) is 30.3 Å². The van der Waals surface area contributed by atoms with Crippen molar-refractivity contribution in [3.8, 4) is 0 Å². The van der Waals surface area contributed by atoms with E-state index in [1.54, 1.807) is 27.9 Å². The molecule has 4 aliphatic rings. The van der Waals surface area contributed by atoms with Crippen LogP contribution < -0.4 is 0 Å². The molecule has 1 aromatic heterocycles. The highest BCUT2D eigenvalue weighted by Gasteiger charge is 2.61. The van der Waals surface area contributed by atoms with Gasteiger partial charge in [0.25, 0.3) is 5.91 Å². The lowest BCUT2D eigenvalue weighted by Crippen LogP contribution is -2.66. The first-order valence-corrected chi connectivity index (χ1v) is 18.6. The number of carboxylic acids is 1. The number of likely N-dealkylation sites (tertiary alicyclic amines) is 2. The van der Waals surface area contributed by atoms with Crippen molar-refractivity contribution in [3.05, 3.63) is 88.5 Å². The predicted molar refractivity (Wildman–Crippen MR) is 187 cm³/mol. The van der Waals surface area contributed by atoms with Gasteiger partial charge < -0.3 is 19.6 Å². The first kappa shape index (κ1) is 38.9. The summed E-state index contributed by atoms with van der Waals surface area (Å²) in [6.07, 6.45) is -1.22. The third-order valence-electron chi connectivity index (χ3n) is 12.2. The van der Waals surface area contributed by atoms with E-state index in [-0.39, 0.29) is 94.6 Å². The van der Waals surface area contributed by atoms with E-state index in [0.29, 0.717) is 18.5 Å². The lowest BCUT2D eigenvalue weighted by Gasteiger charge is -2.52. The van der Waals surface area contributed by atoms with Crippen LogP contribution in [0.2, 0.25) is 0 Å². The summed E-state index contributed by atoms with van der Waals surface area (Å²) in [5, 5.41) is 14.1. The summed E-state index contributed by atoms with van der Waals surface area (Å²) in [6.45, 7) is 2.58. The summed E-state index contributed by atoms with van der Waals surface area (Å²) in [5.74, 6) is -6.75. The lowest BCUT2D eigenvalue weighted by molar-refractivity contribution is -0.223. The number of carbonyl (C=O) groups is 3. The van der Waals surface area contributed by atoms with E-state index in [2.05, 4.69) is 5.10 Å². The first-order valence-electron chi connectivity index (χ1n) is 18.6. The Morgan fingerprint density at radius 3 is 2.29 bits per heavy atom. The highest BCUT2D eigenvalue weighted by Crippen LogP contribution is 2.53. The molecule has 2 unspecified atom stereocenters. The van der Waals surface area contributed by atoms with Crippen molar-refractivity contribution in [2.24, 2.45) is 22.7 Å². The molecule has 55 heavy (non-hydrogen) atoms. The minimum absolute atomic E-state index is 0.00237. The van der Waals surface area contributed by atoms with E-state index in [1.807, 2.05) is 18.2 Å². The number of aromatic nitrogens is 2. The molecule has 2 aliphatic carbocycles. The number of hydrogen-bond donors (Lipinski definition) is 1. The molecule has 2 saturated carbocycles. The van der Waals surface area contributed by atoms with Crippen molar-refractivity contribution in [1.29, 1.82) is 0 Å². The van der Waals surface area contributed by atoms with Crippen molar-refractivity contribution in [1.82, 2.24) is 19.6 Å². The molecule has 1 N–H and O–H groups in total. The number of aliphatic carboxylic acids is 1. The van der Waals surface area contributed by atoms with Gasteiger partial charge in [-0.3, -0.25) is 19.1 Å². The molecule has 2 aromatic carbocycles. The average molecular weight is 775 g/mol. The van der Waals surface area contributed by atoms with Crippen LogP contribution in [0.15, 0.2) is 54.9 Å². The van der Waals surface area contributed by atoms with Crippen molar-refractivity contribution in [2.45, 2.75) is 83.0 Å². The lowest BCUT2D eigenvalue weighted by atomic mass is 9.70. The number of ether oxygens (including phenoxy) is 1. The summed E-state index contributed by atoms with van der Waals surface area (Å²) < 4.78 is 90.8. The van der Waals surface area contributed by atoms with Crippen LogP contribution in [0.4, 0.5) is 26.3 Å². The van der Waals surface area contributed by atoms with Gasteiger partial charge in [0.15, 0.2) is 0 Å². The van der Waals surface area contributed by atoms with Crippen LogP contribution in [-0.4, -0.2) is 87.4 Å². The van der Waals surface area contributed by atoms with E-state index < -0.39 is 40.7 Å². The molecule has 9 nitrogen and oxygen atoms in total. The minimum atomic E-state index is -4.76. The van der Waals surface area contributed by atoms with E-state index in [0.717, 1.165) is 36.1 Å². The maximum atomic E-state index is 14.1. The Morgan fingerprint density at radius 2 is 1.65 bits per heavy atom. The monoisotopic (exact) mass is 774 g/mol. The van der Waals surface area contributed by atoms with Crippen LogP contribution in [0.25, 0.3) is 0 Å². The topological polar surface area (TPSA) is 105 Å². The molecule has 2 amide bonds. The highest BCUT2D eigenvalue weighted by molar-refractivity contribution is 5.94. The van der Waals surface area contributed by atoms with Crippen LogP contribution in [0.5, 0.6) is 0 Å². The first-order chi connectivity index (χ1) is 25.9. The third kappa shape index (κ3) is 7.73. The van der Waals surface area contributed by atoms with Gasteiger partial charge in [-0.15, -0.1) is 0 Å². The zero-order valence-electron chi connectivity index (χ0n) is 30.6. The summed E-state index contributed by atoms with van der Waals surface area (Å²) in [7, 11) is 0. The van der Waals surface area contributed by atoms with Crippen LogP contribution in [0.1, 0.15) is 90.4 Å². The van der Waals surface area contributed by atoms with Gasteiger partial charge in [0.1, 0.15) is 11.2 Å². The number of amides is 2. The number of alkyl halides is 5. The van der Waals surface area contributed by atoms with Crippen LogP contribution in [-0.2, 0) is 27.5 Å². The van der Waals surface area contributed by atoms with Crippen LogP contribution >= 0.6 is 0 Å². The van der Waals surface area contributed by atoms with Crippen molar-refractivity contribution in [3.63, 3.8) is 0 Å². The Balaban J connectivity index is 1.08. The summed E-state index contributed by atoms with van der Waals surface area (Å²) in [6, 6.07) is 11.5. The zero-order valence-corrected chi connectivity index (χ0v) is 30.6. The molecule has 15 heteroatoms. The molecular formula is C40H44F6N4O5. The normalized spacial score (nSPS) is 23.5. The van der Waals surface area contributed by atoms with E-state index in [4.69, 9.17) is 4.74 Å². The van der Waals surface area contributed by atoms with Gasteiger partial charge in [0.05, 0.1) is 37.4 Å². The van der Waals surface area contributed by atoms with Gasteiger partial charge in [0, 0.05) is 56.6 Å². The Kier molecular flexibility index (Phi) is 10.1. The molecule has 3 atom stereocenters. The van der Waals surface area contributed by atoms with Crippen molar-refractivity contribution < 1.29 is 50.6 Å². The molecule has 2 saturated heterocycles. The number of hydrogen-bond acceptors (Lipinski definition) is 5. The molecule has 3 aromatic rings. The summed E-state index contributed by atoms with van der Waals surface area (Å²) >= 11 is 0. The molecule has 7 rings (SSSR count). The van der Waals surface area contributed by atoms with Crippen LogP contribution in [0, 0.1) is 28.5 Å². The fourth-order valence-corrected chi connectivity index (χ4v) is 8.69. The molecule has 3 heterocycles. The Morgan fingerprint density at radius 1 is 0.982 bits per heavy atom. The summed E-state index contributed by atoms with van der Waals surface area (Å²) in [5.41, 5.74) is 0.199. The van der Waals surface area contributed by atoms with Crippen molar-refractivity contribution in [2.75, 3.05) is 32.8 Å². The molecule has 1 spiro atoms. The maximum absolute atomic E-state index is 14.1. The van der Waals surface area contributed by atoms with E-state index >= 15 is 0 Å². The fraction of sp³-hybridized carbons (Fsp3) is 0.550. The molecule has 0 bridgehead atoms. The third-order valence-corrected chi connectivity index (χ3v) is 12.2. The molecule has 4 fully saturated rings. The number of carbonyl (C=O) groups excluding carboxylic acids is 2. The standard InChI is InChI=1S/C40H44F6N4O5/c1-37(2,40(44,45)46)36(54)49-22-38(23-49)21-48(34(51)27-15-47-50(17-27)16-24-6-8-29(41)9-7-24)18-28(38)20-55-19-26-4-3-5-30(25-10-12-39(42,43)13-11-25)33(26)31-14-32(31)35(52)53/h3-9,15,17,25,28,31-32H,10-14,16,18-23H2,1-2H3,(H,52,53)/t28-,31?,32?/m0/s1. The molecule has 0 radical (unpaired) electrons. The quantitative estimate of drug-likeness (QED) is 0.206. The van der Waals surface area contributed by atoms with Crippen LogP contribution in [0.3, 0.4) is 0 Å². The van der Waals surface area contributed by atoms with Gasteiger partial charge in [-0.05, 0) is 79.3 Å². The van der Waals surface area contributed by atoms with Crippen molar-refractivity contribution >= 4 is 17.8 Å². The summed E-state index contributed by atoms with van der Waals surface area (Å²) in [4.78, 5) is 41.7. The molecular weight excluding hydrogens is 730 g/mol. The maximum Gasteiger partial charge on any atom is 0.402 e. The molecule has 2 aliphatic heterocycles. The second kappa shape index (κ2) is 14.3. The second-order valence-corrected chi connectivity index (χ2v) is 16.4. The predicted octanol–water partition coefficient (Wildman–Crippen LogP) is 7.26. The molecule has 296 valence electrons. The fourth-order valence-electron chi connectivity index (χ4n) is 8.69. The van der Waals surface area contributed by atoms with Gasteiger partial charge in [0.2, 0.25) is 11.8 Å². The smallest absolute Gasteiger partial charge is 0.402 e.